The van der Waals surface area contributed by atoms with Crippen molar-refractivity contribution in [3.63, 3.8) is 0 Å². The van der Waals surface area contributed by atoms with Gasteiger partial charge in [-0.3, -0.25) is 18.9 Å². The number of phosphoric ester groups is 1. The van der Waals surface area contributed by atoms with Gasteiger partial charge in [-0.05, 0) is 0 Å². The van der Waals surface area contributed by atoms with Gasteiger partial charge in [-0.25, -0.2) is 27.3 Å². The molecule has 0 amide bonds. The van der Waals surface area contributed by atoms with Gasteiger partial charge in [-0.1, -0.05) is 0 Å². The molecule has 0 saturated carbocycles. The Hall–Kier alpha value is -1.16. The number of alkyl halides is 2. The quantitative estimate of drug-likeness (QED) is 0.292. The number of halogens is 3. The lowest BCUT2D eigenvalue weighted by atomic mass is 10.2. The van der Waals surface area contributed by atoms with Crippen LogP contribution in [-0.2, 0) is 31.6 Å². The molecule has 2 rings (SSSR count). The van der Waals surface area contributed by atoms with Crippen LogP contribution in [0.4, 0.5) is 13.2 Å². The molecule has 1 aromatic rings. The number of rotatable bonds is 8. The Labute approximate surface area is 162 Å². The summed E-state index contributed by atoms with van der Waals surface area (Å²) in [6.07, 6.45) is -5.15. The van der Waals surface area contributed by atoms with Crippen LogP contribution in [0.1, 0.15) is 12.6 Å². The molecular weight excluding hydrogens is 494 g/mol. The second-order valence-electron chi connectivity index (χ2n) is 5.57. The maximum atomic E-state index is 14.6. The number of hydrogen-bond donors (Lipinski definition) is 5. The zero-order valence-electron chi connectivity index (χ0n) is 14.0. The highest BCUT2D eigenvalue weighted by Gasteiger charge is 2.53. The molecule has 1 aliphatic rings. The molecule has 0 aliphatic carbocycles. The van der Waals surface area contributed by atoms with Crippen molar-refractivity contribution < 1.29 is 64.3 Å². The number of aromatic nitrogens is 2. The van der Waals surface area contributed by atoms with Crippen LogP contribution in [0.2, 0.25) is 0 Å². The van der Waals surface area contributed by atoms with Crippen LogP contribution in [-0.4, -0.2) is 47.8 Å². The second kappa shape index (κ2) is 8.41. The number of nitrogens with zero attached hydrogens (tertiary/aromatic N) is 1. The topological polar surface area (TPSA) is 224 Å². The van der Waals surface area contributed by atoms with E-state index in [9.17, 15) is 41.3 Å². The van der Waals surface area contributed by atoms with Gasteiger partial charge in [-0.15, -0.1) is 0 Å². The van der Waals surface area contributed by atoms with Crippen molar-refractivity contribution in [3.05, 3.63) is 32.9 Å². The Morgan fingerprint density at radius 2 is 1.80 bits per heavy atom. The first-order chi connectivity index (χ1) is 13.4. The van der Waals surface area contributed by atoms with E-state index in [-0.39, 0.29) is 4.57 Å². The van der Waals surface area contributed by atoms with E-state index >= 15 is 0 Å². The van der Waals surface area contributed by atoms with Gasteiger partial charge in [0, 0.05) is 6.42 Å². The SMILES string of the molecule is O=c1[nH]c(=O)n([C@H]2C[C@H](F)[C@@](F)(COP(=O)(O)OP(=O)(O)OP(=O)(O)O)O2)cc1F. The van der Waals surface area contributed by atoms with E-state index in [4.69, 9.17) is 14.7 Å². The van der Waals surface area contributed by atoms with E-state index in [1.807, 2.05) is 0 Å². The number of H-pyrrole nitrogens is 1. The second-order valence-corrected chi connectivity index (χ2v) is 9.99. The van der Waals surface area contributed by atoms with E-state index in [1.165, 1.54) is 4.98 Å². The lowest BCUT2D eigenvalue weighted by molar-refractivity contribution is -0.193. The zero-order valence-corrected chi connectivity index (χ0v) is 16.7. The third-order valence-electron chi connectivity index (χ3n) is 3.28. The van der Waals surface area contributed by atoms with Gasteiger partial charge in [0.05, 0.1) is 6.20 Å². The molecule has 1 aliphatic heterocycles. The standard InChI is InChI=1S/C9H12F3N2O13P3/c10-4-2-14(8(16)13-7(4)15)6-1-5(11)9(12,25-6)3-24-29(20,21)27-30(22,23)26-28(17,18)19/h2,5-6H,1,3H2,(H,20,21)(H,22,23)(H,13,15,16)(H2,17,18,19)/t5-,6+,9+/m0/s1. The molecule has 15 nitrogen and oxygen atoms in total. The predicted octanol–water partition coefficient (Wildman–Crippen LogP) is -0.0582. The minimum atomic E-state index is -5.89. The molecule has 2 heterocycles. The fourth-order valence-corrected chi connectivity index (χ4v) is 5.18. The van der Waals surface area contributed by atoms with Crippen LogP contribution in [0, 0.1) is 5.82 Å². The van der Waals surface area contributed by atoms with Gasteiger partial charge in [0.2, 0.25) is 5.82 Å². The van der Waals surface area contributed by atoms with Gasteiger partial charge >= 0.3 is 29.2 Å². The smallest absolute Gasteiger partial charge is 0.317 e. The van der Waals surface area contributed by atoms with Crippen molar-refractivity contribution in [2.24, 2.45) is 0 Å². The number of hydrogen-bond acceptors (Lipinski definition) is 9. The maximum Gasteiger partial charge on any atom is 0.490 e. The van der Waals surface area contributed by atoms with Crippen molar-refractivity contribution in [2.45, 2.75) is 24.7 Å². The molecule has 30 heavy (non-hydrogen) atoms. The minimum Gasteiger partial charge on any atom is -0.317 e. The Bertz CT molecular complexity index is 1070. The Kier molecular flexibility index (Phi) is 7.04. The summed E-state index contributed by atoms with van der Waals surface area (Å²) in [4.78, 5) is 59.1. The Morgan fingerprint density at radius 1 is 1.20 bits per heavy atom. The summed E-state index contributed by atoms with van der Waals surface area (Å²) in [6.45, 7) is -1.80. The molecule has 1 fully saturated rings. The molecule has 5 atom stereocenters. The van der Waals surface area contributed by atoms with Crippen molar-refractivity contribution in [1.82, 2.24) is 9.55 Å². The van der Waals surface area contributed by atoms with Gasteiger partial charge in [0.25, 0.3) is 11.4 Å². The summed E-state index contributed by atoms with van der Waals surface area (Å²) in [5, 5.41) is 0. The molecule has 21 heteroatoms. The molecule has 0 radical (unpaired) electrons. The number of aromatic amines is 1. The van der Waals surface area contributed by atoms with E-state index < -0.39 is 71.8 Å². The molecule has 0 aromatic carbocycles. The predicted molar refractivity (Wildman–Crippen MR) is 84.6 cm³/mol. The summed E-state index contributed by atoms with van der Waals surface area (Å²) in [5.41, 5.74) is -2.71. The van der Waals surface area contributed by atoms with E-state index in [1.54, 1.807) is 0 Å². The fraction of sp³-hybridized carbons (Fsp3) is 0.556. The number of ether oxygens (including phenoxy) is 1. The van der Waals surface area contributed by atoms with Crippen molar-refractivity contribution in [1.29, 1.82) is 0 Å². The fourth-order valence-electron chi connectivity index (χ4n) is 2.14. The molecule has 2 unspecified atom stereocenters. The summed E-state index contributed by atoms with van der Waals surface area (Å²) < 4.78 is 90.8. The van der Waals surface area contributed by atoms with Crippen molar-refractivity contribution in [2.75, 3.05) is 6.61 Å². The van der Waals surface area contributed by atoms with Crippen LogP contribution in [0.25, 0.3) is 0 Å². The Morgan fingerprint density at radius 3 is 2.37 bits per heavy atom. The minimum absolute atomic E-state index is 0.287. The van der Waals surface area contributed by atoms with Gasteiger partial charge < -0.3 is 24.3 Å². The van der Waals surface area contributed by atoms with Gasteiger partial charge in [0.15, 0.2) is 6.17 Å². The lowest BCUT2D eigenvalue weighted by Gasteiger charge is -2.23. The summed E-state index contributed by atoms with van der Waals surface area (Å²) >= 11 is 0. The summed E-state index contributed by atoms with van der Waals surface area (Å²) in [5.74, 6) is -5.06. The molecule has 1 saturated heterocycles. The Balaban J connectivity index is 2.11. The molecule has 172 valence electrons. The first-order valence-electron chi connectivity index (χ1n) is 7.23. The van der Waals surface area contributed by atoms with E-state index in [2.05, 4.69) is 17.9 Å². The first-order valence-corrected chi connectivity index (χ1v) is 11.8. The highest BCUT2D eigenvalue weighted by Crippen LogP contribution is 2.66. The third-order valence-corrected chi connectivity index (χ3v) is 7.07. The van der Waals surface area contributed by atoms with E-state index in [0.29, 0.717) is 6.20 Å². The summed E-state index contributed by atoms with van der Waals surface area (Å²) in [7, 11) is -17.3. The molecule has 0 spiro atoms. The highest BCUT2D eigenvalue weighted by molar-refractivity contribution is 7.66. The number of nitrogens with one attached hydrogen (secondary N) is 1. The van der Waals surface area contributed by atoms with Crippen LogP contribution >= 0.6 is 23.5 Å². The van der Waals surface area contributed by atoms with Crippen LogP contribution < -0.4 is 11.2 Å². The maximum absolute atomic E-state index is 14.6. The van der Waals surface area contributed by atoms with Crippen LogP contribution in [0.15, 0.2) is 15.8 Å². The third kappa shape index (κ3) is 6.42. The summed E-state index contributed by atoms with van der Waals surface area (Å²) in [6, 6.07) is 0. The zero-order chi connectivity index (χ0) is 23.1. The molecule has 5 N–H and O–H groups in total. The van der Waals surface area contributed by atoms with Gasteiger partial charge in [-0.2, -0.15) is 13.0 Å². The van der Waals surface area contributed by atoms with Gasteiger partial charge in [0.1, 0.15) is 12.8 Å². The van der Waals surface area contributed by atoms with Crippen molar-refractivity contribution >= 4 is 23.5 Å². The molecular formula is C9H12F3N2O13P3. The lowest BCUT2D eigenvalue weighted by Crippen LogP contribution is -2.38. The average molecular weight is 506 g/mol. The van der Waals surface area contributed by atoms with Crippen molar-refractivity contribution in [3.8, 4) is 0 Å². The molecule has 1 aromatic heterocycles. The normalized spacial score (nSPS) is 28.8. The number of phosphoric acid groups is 3. The average Bonchev–Trinajstić information content (AvgIpc) is 2.81. The molecule has 0 bridgehead atoms. The van der Waals surface area contributed by atoms with Crippen LogP contribution in [0.3, 0.4) is 0 Å². The van der Waals surface area contributed by atoms with Crippen LogP contribution in [0.5, 0.6) is 0 Å². The van der Waals surface area contributed by atoms with E-state index in [0.717, 1.165) is 0 Å². The first kappa shape index (κ1) is 25.1. The largest absolute Gasteiger partial charge is 0.490 e. The highest BCUT2D eigenvalue weighted by atomic mass is 31.3. The monoisotopic (exact) mass is 506 g/mol.